The van der Waals surface area contributed by atoms with Crippen LogP contribution in [0.5, 0.6) is 5.75 Å². The first kappa shape index (κ1) is 23.8. The second kappa shape index (κ2) is 9.72. The molecule has 2 aromatic carbocycles. The summed E-state index contributed by atoms with van der Waals surface area (Å²) >= 11 is 6.04. The number of amides is 2. The van der Waals surface area contributed by atoms with Gasteiger partial charge in [-0.1, -0.05) is 31.5 Å². The molecule has 32 heavy (non-hydrogen) atoms. The number of hydrogen-bond acceptors (Lipinski definition) is 6. The van der Waals surface area contributed by atoms with Crippen molar-refractivity contribution in [2.75, 3.05) is 18.5 Å². The van der Waals surface area contributed by atoms with Gasteiger partial charge in [0, 0.05) is 22.7 Å². The molecule has 1 heterocycles. The highest BCUT2D eigenvalue weighted by Gasteiger charge is 2.27. The smallest absolute Gasteiger partial charge is 0.255 e. The Morgan fingerprint density at radius 1 is 1.16 bits per heavy atom. The second-order valence-electron chi connectivity index (χ2n) is 7.56. The lowest BCUT2D eigenvalue weighted by molar-refractivity contribution is -0.118. The largest absolute Gasteiger partial charge is 0.491 e. The Hall–Kier alpha value is -2.88. The summed E-state index contributed by atoms with van der Waals surface area (Å²) in [6, 6.07) is 8.34. The number of anilines is 1. The van der Waals surface area contributed by atoms with Gasteiger partial charge in [-0.15, -0.1) is 0 Å². The molecule has 0 fully saturated rings. The maximum absolute atomic E-state index is 12.9. The van der Waals surface area contributed by atoms with Gasteiger partial charge in [0.05, 0.1) is 10.5 Å². The van der Waals surface area contributed by atoms with E-state index in [0.717, 1.165) is 5.41 Å². The Morgan fingerprint density at radius 3 is 2.59 bits per heavy atom. The zero-order valence-corrected chi connectivity index (χ0v) is 19.2. The lowest BCUT2D eigenvalue weighted by atomic mass is 10.0. The summed E-state index contributed by atoms with van der Waals surface area (Å²) in [4.78, 5) is 26.0. The number of nitrogens with two attached hydrogens (primary N) is 1. The number of sulfone groups is 1. The number of halogens is 1. The Labute approximate surface area is 191 Å². The Balaban J connectivity index is 1.79. The summed E-state index contributed by atoms with van der Waals surface area (Å²) in [5, 5.41) is 6.86. The first-order valence-electron chi connectivity index (χ1n) is 9.93. The fraction of sp³-hybridized carbons (Fsp3) is 0.273. The van der Waals surface area contributed by atoms with Crippen molar-refractivity contribution in [1.82, 2.24) is 5.32 Å². The molecule has 0 aliphatic carbocycles. The number of carbonyl (C=O) groups excluding carboxylic acids is 2. The summed E-state index contributed by atoms with van der Waals surface area (Å²) in [6.07, 6.45) is 1.50. The molecule has 1 aliphatic heterocycles. The predicted octanol–water partition coefficient (Wildman–Crippen LogP) is 2.83. The van der Waals surface area contributed by atoms with Gasteiger partial charge < -0.3 is 21.1 Å². The quantitative estimate of drug-likeness (QED) is 0.536. The SMILES string of the molecule is CC(C)[C@H](NC(=O)c1cc(Cl)ccc1OCCN)C(=O)Nc1ccc2c(c1)S(=O)(=O)C=C2. The average Bonchev–Trinajstić information content (AvgIpc) is 3.04. The fourth-order valence-corrected chi connectivity index (χ4v) is 4.58. The minimum absolute atomic E-state index is 0.126. The molecule has 8 nitrogen and oxygen atoms in total. The lowest BCUT2D eigenvalue weighted by Gasteiger charge is -2.22. The van der Waals surface area contributed by atoms with Crippen LogP contribution in [-0.2, 0) is 14.6 Å². The van der Waals surface area contributed by atoms with Crippen LogP contribution in [0.2, 0.25) is 5.02 Å². The van der Waals surface area contributed by atoms with E-state index in [1.807, 2.05) is 0 Å². The number of rotatable bonds is 8. The first-order chi connectivity index (χ1) is 15.1. The van der Waals surface area contributed by atoms with Gasteiger partial charge in [0.1, 0.15) is 18.4 Å². The van der Waals surface area contributed by atoms with Crippen LogP contribution in [0.3, 0.4) is 0 Å². The van der Waals surface area contributed by atoms with Crippen molar-refractivity contribution < 1.29 is 22.7 Å². The Bertz CT molecular complexity index is 1180. The monoisotopic (exact) mass is 477 g/mol. The molecule has 0 aromatic heterocycles. The molecular weight excluding hydrogens is 454 g/mol. The minimum Gasteiger partial charge on any atom is -0.491 e. The fourth-order valence-electron chi connectivity index (χ4n) is 3.18. The number of hydrogen-bond donors (Lipinski definition) is 3. The predicted molar refractivity (Wildman–Crippen MR) is 123 cm³/mol. The van der Waals surface area contributed by atoms with Crippen LogP contribution in [0.25, 0.3) is 6.08 Å². The number of carbonyl (C=O) groups is 2. The molecule has 1 atom stereocenters. The molecular formula is C22H24ClN3O5S. The molecule has 3 rings (SSSR count). The van der Waals surface area contributed by atoms with Crippen molar-refractivity contribution in [2.45, 2.75) is 24.8 Å². The van der Waals surface area contributed by atoms with Gasteiger partial charge in [0.2, 0.25) is 15.7 Å². The van der Waals surface area contributed by atoms with Crippen LogP contribution < -0.4 is 21.1 Å². The number of fused-ring (bicyclic) bond motifs is 1. The van der Waals surface area contributed by atoms with Crippen molar-refractivity contribution in [3.8, 4) is 5.75 Å². The average molecular weight is 478 g/mol. The molecule has 0 saturated carbocycles. The van der Waals surface area contributed by atoms with Crippen LogP contribution in [0.1, 0.15) is 29.8 Å². The Kier molecular flexibility index (Phi) is 7.22. The maximum atomic E-state index is 12.9. The lowest BCUT2D eigenvalue weighted by Crippen LogP contribution is -2.47. The normalized spacial score (nSPS) is 14.7. The van der Waals surface area contributed by atoms with E-state index in [9.17, 15) is 18.0 Å². The molecule has 0 unspecified atom stereocenters. The summed E-state index contributed by atoms with van der Waals surface area (Å²) in [5.74, 6) is -0.972. The van der Waals surface area contributed by atoms with Crippen molar-refractivity contribution in [3.63, 3.8) is 0 Å². The van der Waals surface area contributed by atoms with Gasteiger partial charge in [-0.3, -0.25) is 9.59 Å². The molecule has 170 valence electrons. The van der Waals surface area contributed by atoms with E-state index >= 15 is 0 Å². The van der Waals surface area contributed by atoms with Gasteiger partial charge in [0.15, 0.2) is 0 Å². The van der Waals surface area contributed by atoms with Crippen molar-refractivity contribution in [3.05, 3.63) is 58.0 Å². The van der Waals surface area contributed by atoms with Crippen molar-refractivity contribution in [1.29, 1.82) is 0 Å². The van der Waals surface area contributed by atoms with Gasteiger partial charge in [-0.2, -0.15) is 0 Å². The highest BCUT2D eigenvalue weighted by molar-refractivity contribution is 7.94. The zero-order chi connectivity index (χ0) is 23.5. The molecule has 2 aromatic rings. The van der Waals surface area contributed by atoms with E-state index in [0.29, 0.717) is 22.0 Å². The van der Waals surface area contributed by atoms with E-state index in [1.165, 1.54) is 18.2 Å². The number of ether oxygens (including phenoxy) is 1. The highest BCUT2D eigenvalue weighted by atomic mass is 35.5. The Morgan fingerprint density at radius 2 is 1.91 bits per heavy atom. The number of nitrogens with one attached hydrogen (secondary N) is 2. The van der Waals surface area contributed by atoms with E-state index in [1.54, 1.807) is 38.1 Å². The summed E-state index contributed by atoms with van der Waals surface area (Å²) < 4.78 is 29.7. The third-order valence-electron chi connectivity index (χ3n) is 4.81. The third-order valence-corrected chi connectivity index (χ3v) is 6.51. The number of benzene rings is 2. The molecule has 4 N–H and O–H groups in total. The summed E-state index contributed by atoms with van der Waals surface area (Å²) in [5.41, 5.74) is 6.52. The van der Waals surface area contributed by atoms with Crippen LogP contribution in [0.4, 0.5) is 5.69 Å². The standard InChI is InChI=1S/C22H24ClN3O5S/c1-13(2)20(26-21(27)17-11-15(23)4-6-18(17)31-9-8-24)22(28)25-16-5-3-14-7-10-32(29,30)19(14)12-16/h3-7,10-13,20H,8-9,24H2,1-2H3,(H,25,28)(H,26,27)/t20-/m0/s1. The van der Waals surface area contributed by atoms with E-state index in [2.05, 4.69) is 10.6 Å². The molecule has 10 heteroatoms. The maximum Gasteiger partial charge on any atom is 0.255 e. The van der Waals surface area contributed by atoms with E-state index < -0.39 is 27.7 Å². The van der Waals surface area contributed by atoms with Gasteiger partial charge >= 0.3 is 0 Å². The van der Waals surface area contributed by atoms with Gasteiger partial charge in [0.25, 0.3) is 5.91 Å². The van der Waals surface area contributed by atoms with Crippen LogP contribution in [0.15, 0.2) is 46.7 Å². The summed E-state index contributed by atoms with van der Waals surface area (Å²) in [6.45, 7) is 4.05. The first-order valence-corrected chi connectivity index (χ1v) is 11.9. The van der Waals surface area contributed by atoms with E-state index in [-0.39, 0.29) is 29.5 Å². The van der Waals surface area contributed by atoms with Crippen LogP contribution >= 0.6 is 11.6 Å². The highest BCUT2D eigenvalue weighted by Crippen LogP contribution is 2.29. The molecule has 0 bridgehead atoms. The molecule has 0 spiro atoms. The topological polar surface area (TPSA) is 128 Å². The molecule has 0 radical (unpaired) electrons. The van der Waals surface area contributed by atoms with Crippen molar-refractivity contribution in [2.24, 2.45) is 11.7 Å². The molecule has 1 aliphatic rings. The van der Waals surface area contributed by atoms with Crippen molar-refractivity contribution >= 4 is 45.0 Å². The summed E-state index contributed by atoms with van der Waals surface area (Å²) in [7, 11) is -3.51. The minimum atomic E-state index is -3.51. The molecule has 0 saturated heterocycles. The van der Waals surface area contributed by atoms with Gasteiger partial charge in [-0.25, -0.2) is 8.42 Å². The van der Waals surface area contributed by atoms with Gasteiger partial charge in [-0.05, 0) is 47.9 Å². The zero-order valence-electron chi connectivity index (χ0n) is 17.6. The van der Waals surface area contributed by atoms with Crippen LogP contribution in [0, 0.1) is 5.92 Å². The molecule has 2 amide bonds. The van der Waals surface area contributed by atoms with Crippen LogP contribution in [-0.4, -0.2) is 39.4 Å². The third kappa shape index (κ3) is 5.29. The second-order valence-corrected chi connectivity index (χ2v) is 9.80. The van der Waals surface area contributed by atoms with E-state index in [4.69, 9.17) is 22.1 Å².